The van der Waals surface area contributed by atoms with Gasteiger partial charge in [0, 0.05) is 0 Å². The summed E-state index contributed by atoms with van der Waals surface area (Å²) in [7, 11) is 0. The van der Waals surface area contributed by atoms with Crippen molar-refractivity contribution in [2.24, 2.45) is 5.73 Å². The maximum atomic E-state index is 10.6. The van der Waals surface area contributed by atoms with Gasteiger partial charge in [0.1, 0.15) is 6.04 Å². The van der Waals surface area contributed by atoms with E-state index in [0.29, 0.717) is 6.42 Å². The number of benzene rings is 1. The van der Waals surface area contributed by atoms with Gasteiger partial charge >= 0.3 is 5.97 Å². The van der Waals surface area contributed by atoms with E-state index >= 15 is 0 Å². The molecule has 0 saturated heterocycles. The van der Waals surface area contributed by atoms with Gasteiger partial charge in [-0.3, -0.25) is 4.79 Å². The molecule has 0 heterocycles. The van der Waals surface area contributed by atoms with E-state index in [9.17, 15) is 4.79 Å². The fourth-order valence-corrected chi connectivity index (χ4v) is 1.56. The Morgan fingerprint density at radius 3 is 2.38 bits per heavy atom. The molecule has 3 nitrogen and oxygen atoms in total. The molecule has 1 rings (SSSR count). The summed E-state index contributed by atoms with van der Waals surface area (Å²) in [6.45, 7) is 2.17. The van der Waals surface area contributed by atoms with E-state index in [-0.39, 0.29) is 0 Å². The molecule has 0 radical (unpaired) electrons. The van der Waals surface area contributed by atoms with Gasteiger partial charge in [0.2, 0.25) is 0 Å². The van der Waals surface area contributed by atoms with Crippen LogP contribution in [-0.4, -0.2) is 17.1 Å². The fourth-order valence-electron chi connectivity index (χ4n) is 1.56. The Morgan fingerprint density at radius 1 is 1.31 bits per heavy atom. The molecular formula is C13H19NO2. The third-order valence-corrected chi connectivity index (χ3v) is 2.61. The van der Waals surface area contributed by atoms with Crippen LogP contribution in [0.25, 0.3) is 0 Å². The van der Waals surface area contributed by atoms with Crippen LogP contribution in [0.15, 0.2) is 24.3 Å². The fraction of sp³-hybridized carbons (Fsp3) is 0.462. The second-order valence-electron chi connectivity index (χ2n) is 4.07. The minimum Gasteiger partial charge on any atom is -0.480 e. The molecule has 0 aliphatic rings. The van der Waals surface area contributed by atoms with E-state index in [1.54, 1.807) is 0 Å². The number of nitrogens with two attached hydrogens (primary N) is 1. The molecular weight excluding hydrogens is 202 g/mol. The van der Waals surface area contributed by atoms with Crippen LogP contribution < -0.4 is 5.73 Å². The van der Waals surface area contributed by atoms with Crippen molar-refractivity contribution < 1.29 is 9.90 Å². The number of carbonyl (C=O) groups is 1. The molecule has 0 bridgehead atoms. The highest BCUT2D eigenvalue weighted by atomic mass is 16.4. The monoisotopic (exact) mass is 221 g/mol. The lowest BCUT2D eigenvalue weighted by Crippen LogP contribution is -2.32. The Hall–Kier alpha value is -1.35. The molecule has 0 aliphatic heterocycles. The first-order valence-electron chi connectivity index (χ1n) is 5.69. The molecule has 1 unspecified atom stereocenters. The summed E-state index contributed by atoms with van der Waals surface area (Å²) in [6, 6.07) is 7.24. The number of hydrogen-bond donors (Lipinski definition) is 2. The summed E-state index contributed by atoms with van der Waals surface area (Å²) in [6.07, 6.45) is 3.85. The van der Waals surface area contributed by atoms with E-state index < -0.39 is 12.0 Å². The first kappa shape index (κ1) is 12.7. The number of aryl methyl sites for hydroxylation is 1. The van der Waals surface area contributed by atoms with Gasteiger partial charge in [-0.15, -0.1) is 0 Å². The SMILES string of the molecule is CCCCc1ccc(CC(N)C(=O)O)cc1. The van der Waals surface area contributed by atoms with Crippen LogP contribution in [-0.2, 0) is 17.6 Å². The predicted octanol–water partition coefficient (Wildman–Crippen LogP) is 1.98. The third kappa shape index (κ3) is 4.03. The highest BCUT2D eigenvalue weighted by molar-refractivity contribution is 5.73. The Labute approximate surface area is 96.3 Å². The van der Waals surface area contributed by atoms with Crippen molar-refractivity contribution in [3.05, 3.63) is 35.4 Å². The Balaban J connectivity index is 2.54. The molecule has 0 aromatic heterocycles. The average Bonchev–Trinajstić information content (AvgIpc) is 2.28. The second-order valence-corrected chi connectivity index (χ2v) is 4.07. The van der Waals surface area contributed by atoms with Gasteiger partial charge in [-0.25, -0.2) is 0 Å². The normalized spacial score (nSPS) is 12.4. The van der Waals surface area contributed by atoms with Crippen molar-refractivity contribution in [1.82, 2.24) is 0 Å². The van der Waals surface area contributed by atoms with Crippen molar-refractivity contribution in [3.8, 4) is 0 Å². The van der Waals surface area contributed by atoms with Crippen LogP contribution in [0.2, 0.25) is 0 Å². The molecule has 1 aromatic carbocycles. The minimum atomic E-state index is -0.949. The predicted molar refractivity (Wildman–Crippen MR) is 64.4 cm³/mol. The number of carboxylic acid groups (broad SMARTS) is 1. The zero-order valence-corrected chi connectivity index (χ0v) is 9.65. The smallest absolute Gasteiger partial charge is 0.320 e. The highest BCUT2D eigenvalue weighted by Gasteiger charge is 2.11. The Morgan fingerprint density at radius 2 is 1.88 bits per heavy atom. The van der Waals surface area contributed by atoms with Crippen molar-refractivity contribution in [2.75, 3.05) is 0 Å². The largest absolute Gasteiger partial charge is 0.480 e. The maximum absolute atomic E-state index is 10.6. The Bertz CT molecular complexity index is 332. The van der Waals surface area contributed by atoms with Gasteiger partial charge in [0.15, 0.2) is 0 Å². The Kier molecular flexibility index (Phi) is 4.99. The molecule has 0 aliphatic carbocycles. The summed E-state index contributed by atoms with van der Waals surface area (Å²) in [4.78, 5) is 10.6. The topological polar surface area (TPSA) is 63.3 Å². The van der Waals surface area contributed by atoms with Crippen LogP contribution in [0.1, 0.15) is 30.9 Å². The summed E-state index contributed by atoms with van der Waals surface area (Å²) in [5, 5.41) is 8.69. The van der Waals surface area contributed by atoms with Crippen LogP contribution in [0.4, 0.5) is 0 Å². The van der Waals surface area contributed by atoms with Gasteiger partial charge in [0.05, 0.1) is 0 Å². The van der Waals surface area contributed by atoms with Crippen LogP contribution in [0, 0.1) is 0 Å². The van der Waals surface area contributed by atoms with E-state index in [4.69, 9.17) is 10.8 Å². The molecule has 1 aromatic rings. The maximum Gasteiger partial charge on any atom is 0.320 e. The number of rotatable bonds is 6. The molecule has 1 atom stereocenters. The second kappa shape index (κ2) is 6.28. The lowest BCUT2D eigenvalue weighted by molar-refractivity contribution is -0.138. The summed E-state index contributed by atoms with van der Waals surface area (Å²) >= 11 is 0. The van der Waals surface area contributed by atoms with E-state index in [2.05, 4.69) is 19.1 Å². The van der Waals surface area contributed by atoms with E-state index in [1.807, 2.05) is 12.1 Å². The number of hydrogen-bond acceptors (Lipinski definition) is 2. The standard InChI is InChI=1S/C13H19NO2/c1-2-3-4-10-5-7-11(8-6-10)9-12(14)13(15)16/h5-8,12H,2-4,9,14H2,1H3,(H,15,16). The van der Waals surface area contributed by atoms with Crippen molar-refractivity contribution in [2.45, 2.75) is 38.6 Å². The average molecular weight is 221 g/mol. The molecule has 0 amide bonds. The lowest BCUT2D eigenvalue weighted by Gasteiger charge is -2.07. The molecule has 3 heteroatoms. The lowest BCUT2D eigenvalue weighted by atomic mass is 10.0. The zero-order valence-electron chi connectivity index (χ0n) is 9.65. The van der Waals surface area contributed by atoms with E-state index in [1.165, 1.54) is 18.4 Å². The highest BCUT2D eigenvalue weighted by Crippen LogP contribution is 2.09. The molecule has 16 heavy (non-hydrogen) atoms. The molecule has 0 fully saturated rings. The minimum absolute atomic E-state index is 0.392. The van der Waals surface area contributed by atoms with Crippen molar-refractivity contribution >= 4 is 5.97 Å². The van der Waals surface area contributed by atoms with Crippen LogP contribution >= 0.6 is 0 Å². The zero-order chi connectivity index (χ0) is 12.0. The van der Waals surface area contributed by atoms with Crippen LogP contribution in [0.3, 0.4) is 0 Å². The molecule has 0 spiro atoms. The van der Waals surface area contributed by atoms with Gasteiger partial charge < -0.3 is 10.8 Å². The third-order valence-electron chi connectivity index (χ3n) is 2.61. The van der Waals surface area contributed by atoms with E-state index in [0.717, 1.165) is 12.0 Å². The number of aliphatic carboxylic acids is 1. The first-order valence-corrected chi connectivity index (χ1v) is 5.69. The van der Waals surface area contributed by atoms with Gasteiger partial charge in [0.25, 0.3) is 0 Å². The number of unbranched alkanes of at least 4 members (excludes halogenated alkanes) is 1. The van der Waals surface area contributed by atoms with Gasteiger partial charge in [-0.05, 0) is 30.4 Å². The molecule has 88 valence electrons. The van der Waals surface area contributed by atoms with Crippen molar-refractivity contribution in [3.63, 3.8) is 0 Å². The van der Waals surface area contributed by atoms with Crippen molar-refractivity contribution in [1.29, 1.82) is 0 Å². The first-order chi connectivity index (χ1) is 7.63. The van der Waals surface area contributed by atoms with Crippen LogP contribution in [0.5, 0.6) is 0 Å². The summed E-state index contributed by atoms with van der Waals surface area (Å²) < 4.78 is 0. The molecule has 3 N–H and O–H groups in total. The summed E-state index contributed by atoms with van der Waals surface area (Å²) in [5.74, 6) is -0.949. The number of carboxylic acids is 1. The quantitative estimate of drug-likeness (QED) is 0.772. The van der Waals surface area contributed by atoms with Gasteiger partial charge in [-0.2, -0.15) is 0 Å². The summed E-state index contributed by atoms with van der Waals surface area (Å²) in [5.41, 5.74) is 7.75. The molecule has 0 saturated carbocycles. The van der Waals surface area contributed by atoms with Gasteiger partial charge in [-0.1, -0.05) is 37.6 Å².